The summed E-state index contributed by atoms with van der Waals surface area (Å²) in [6.45, 7) is 7.38. The zero-order chi connectivity index (χ0) is 22.2. The molecule has 0 saturated carbocycles. The summed E-state index contributed by atoms with van der Waals surface area (Å²) in [7, 11) is 4.90. The van der Waals surface area contributed by atoms with Gasteiger partial charge in [0.2, 0.25) is 0 Å². The minimum atomic E-state index is 0. The molecule has 0 saturated heterocycles. The Labute approximate surface area is 209 Å². The second-order valence-corrected chi connectivity index (χ2v) is 10.8. The average molecular weight is 505 g/mol. The first kappa shape index (κ1) is 33.6. The van der Waals surface area contributed by atoms with Crippen LogP contribution in [-0.2, 0) is 0 Å². The Morgan fingerprint density at radius 3 is 0.742 bits per heavy atom. The number of hydrogen-bond donors (Lipinski definition) is 0. The van der Waals surface area contributed by atoms with Gasteiger partial charge in [0.25, 0.3) is 0 Å². The molecule has 0 aromatic rings. The molecule has 0 spiro atoms. The van der Waals surface area contributed by atoms with Gasteiger partial charge in [-0.2, -0.15) is 0 Å². The highest BCUT2D eigenvalue weighted by molar-refractivity contribution is 4.50. The van der Waals surface area contributed by atoms with Gasteiger partial charge in [-0.25, -0.2) is 0 Å². The molecule has 0 amide bonds. The molecule has 0 aromatic carbocycles. The summed E-state index contributed by atoms with van der Waals surface area (Å²) in [5.41, 5.74) is 0. The van der Waals surface area contributed by atoms with Gasteiger partial charge in [-0.05, 0) is 25.7 Å². The number of quaternary nitrogens is 1. The molecule has 0 radical (unpaired) electrons. The average Bonchev–Trinajstić information content (AvgIpc) is 2.72. The molecule has 0 aliphatic heterocycles. The second-order valence-electron chi connectivity index (χ2n) is 10.8. The molecule has 0 unspecified atom stereocenters. The summed E-state index contributed by atoms with van der Waals surface area (Å²) >= 11 is 0. The van der Waals surface area contributed by atoms with Crippen LogP contribution in [0.15, 0.2) is 0 Å². The van der Waals surface area contributed by atoms with Gasteiger partial charge in [0.1, 0.15) is 0 Å². The van der Waals surface area contributed by atoms with Crippen molar-refractivity contribution in [2.75, 3.05) is 27.2 Å². The topological polar surface area (TPSA) is 0 Å². The van der Waals surface area contributed by atoms with Crippen LogP contribution in [0.25, 0.3) is 0 Å². The normalized spacial score (nSPS) is 11.6. The number of hydrogen-bond acceptors (Lipinski definition) is 0. The van der Waals surface area contributed by atoms with E-state index < -0.39 is 0 Å². The summed E-state index contributed by atoms with van der Waals surface area (Å²) in [4.78, 5) is 0. The third-order valence-electron chi connectivity index (χ3n) is 6.98. The van der Waals surface area contributed by atoms with Crippen molar-refractivity contribution in [3.8, 4) is 0 Å². The number of unbranched alkanes of at least 4 members (excludes halogenated alkanes) is 21. The van der Waals surface area contributed by atoms with E-state index in [4.69, 9.17) is 0 Å². The van der Waals surface area contributed by atoms with E-state index >= 15 is 0 Å². The Morgan fingerprint density at radius 2 is 0.516 bits per heavy atom. The zero-order valence-electron chi connectivity index (χ0n) is 22.5. The maximum atomic E-state index is 2.45. The first-order chi connectivity index (χ1) is 14.6. The smallest absolute Gasteiger partial charge is 0.0782 e. The molecule has 190 valence electrons. The van der Waals surface area contributed by atoms with E-state index in [1.54, 1.807) is 0 Å². The summed E-state index contributed by atoms with van der Waals surface area (Å²) in [5, 5.41) is 0. The minimum absolute atomic E-state index is 0. The predicted molar refractivity (Wildman–Crippen MR) is 139 cm³/mol. The lowest BCUT2D eigenvalue weighted by Crippen LogP contribution is -3.00. The van der Waals surface area contributed by atoms with Gasteiger partial charge in [0.05, 0.1) is 27.2 Å². The Morgan fingerprint density at radius 1 is 0.323 bits per heavy atom. The molecule has 0 bridgehead atoms. The van der Waals surface area contributed by atoms with Gasteiger partial charge in [-0.3, -0.25) is 0 Å². The van der Waals surface area contributed by atoms with Crippen molar-refractivity contribution in [1.82, 2.24) is 0 Å². The van der Waals surface area contributed by atoms with Crippen LogP contribution in [0.3, 0.4) is 0 Å². The summed E-state index contributed by atoms with van der Waals surface area (Å²) in [6, 6.07) is 0. The van der Waals surface area contributed by atoms with Crippen molar-refractivity contribution in [2.45, 2.75) is 162 Å². The summed E-state index contributed by atoms with van der Waals surface area (Å²) in [6.07, 6.45) is 33.5. The SMILES string of the molecule is CCCCCCCCCCCCCCCC[N+](C)(C)CCCCCCCCCCC.[Br-]. The fourth-order valence-corrected chi connectivity index (χ4v) is 4.70. The molecule has 0 fully saturated rings. The Bertz CT molecular complexity index is 316. The molecule has 0 aromatic heterocycles. The highest BCUT2D eigenvalue weighted by Crippen LogP contribution is 2.14. The van der Waals surface area contributed by atoms with Crippen LogP contribution in [-0.4, -0.2) is 31.7 Å². The molecule has 1 nitrogen and oxygen atoms in total. The lowest BCUT2D eigenvalue weighted by Gasteiger charge is -2.30. The predicted octanol–water partition coefficient (Wildman–Crippen LogP) is 7.08. The van der Waals surface area contributed by atoms with Gasteiger partial charge in [0.15, 0.2) is 0 Å². The third kappa shape index (κ3) is 28.4. The van der Waals surface area contributed by atoms with Gasteiger partial charge >= 0.3 is 0 Å². The van der Waals surface area contributed by atoms with Crippen LogP contribution in [0.1, 0.15) is 162 Å². The molecule has 0 aliphatic carbocycles. The van der Waals surface area contributed by atoms with Gasteiger partial charge in [0, 0.05) is 0 Å². The first-order valence-electron chi connectivity index (χ1n) is 14.4. The maximum absolute atomic E-state index is 2.45. The first-order valence-corrected chi connectivity index (χ1v) is 14.4. The Hall–Kier alpha value is 0.440. The molecule has 0 aliphatic rings. The fourth-order valence-electron chi connectivity index (χ4n) is 4.70. The van der Waals surface area contributed by atoms with Gasteiger partial charge < -0.3 is 21.5 Å². The van der Waals surface area contributed by atoms with E-state index in [1.807, 2.05) is 0 Å². The van der Waals surface area contributed by atoms with Crippen molar-refractivity contribution < 1.29 is 21.5 Å². The molecule has 0 N–H and O–H groups in total. The Balaban J connectivity index is 0. The van der Waals surface area contributed by atoms with Crippen LogP contribution in [0.4, 0.5) is 0 Å². The molecule has 0 atom stereocenters. The fraction of sp³-hybridized carbons (Fsp3) is 1.00. The van der Waals surface area contributed by atoms with E-state index in [-0.39, 0.29) is 17.0 Å². The molecular weight excluding hydrogens is 442 g/mol. The van der Waals surface area contributed by atoms with E-state index in [2.05, 4.69) is 27.9 Å². The third-order valence-corrected chi connectivity index (χ3v) is 6.98. The van der Waals surface area contributed by atoms with Gasteiger partial charge in [-0.1, -0.05) is 136 Å². The van der Waals surface area contributed by atoms with Gasteiger partial charge in [-0.15, -0.1) is 0 Å². The van der Waals surface area contributed by atoms with Crippen LogP contribution in [0, 0.1) is 0 Å². The Kier molecular flexibility index (Phi) is 28.9. The minimum Gasteiger partial charge on any atom is -1.00 e. The summed E-state index contributed by atoms with van der Waals surface area (Å²) < 4.78 is 1.24. The van der Waals surface area contributed by atoms with Crippen LogP contribution < -0.4 is 17.0 Å². The lowest BCUT2D eigenvalue weighted by atomic mass is 10.0. The maximum Gasteiger partial charge on any atom is 0.0782 e. The quantitative estimate of drug-likeness (QED) is 0.0921. The van der Waals surface area contributed by atoms with Crippen molar-refractivity contribution in [3.63, 3.8) is 0 Å². The van der Waals surface area contributed by atoms with E-state index in [0.29, 0.717) is 0 Å². The number of nitrogens with zero attached hydrogens (tertiary/aromatic N) is 1. The van der Waals surface area contributed by atoms with Crippen molar-refractivity contribution in [2.24, 2.45) is 0 Å². The molecular formula is C29H62BrN. The van der Waals surface area contributed by atoms with Crippen LogP contribution in [0.5, 0.6) is 0 Å². The van der Waals surface area contributed by atoms with Crippen LogP contribution >= 0.6 is 0 Å². The number of halogens is 1. The lowest BCUT2D eigenvalue weighted by molar-refractivity contribution is -0.890. The standard InChI is InChI=1S/C29H62N.BrH/c1-5-7-9-11-13-15-16-17-18-19-21-23-25-27-29-30(3,4)28-26-24-22-20-14-12-10-8-6-2;/h5-29H2,1-4H3;1H/q+1;/p-1. The van der Waals surface area contributed by atoms with E-state index in [0.717, 1.165) is 0 Å². The highest BCUT2D eigenvalue weighted by Gasteiger charge is 2.13. The molecule has 0 heterocycles. The van der Waals surface area contributed by atoms with E-state index in [1.165, 1.54) is 165 Å². The van der Waals surface area contributed by atoms with Crippen molar-refractivity contribution in [3.05, 3.63) is 0 Å². The van der Waals surface area contributed by atoms with Crippen molar-refractivity contribution in [1.29, 1.82) is 0 Å². The van der Waals surface area contributed by atoms with E-state index in [9.17, 15) is 0 Å². The number of rotatable bonds is 25. The molecule has 0 rings (SSSR count). The van der Waals surface area contributed by atoms with Crippen LogP contribution in [0.2, 0.25) is 0 Å². The second kappa shape index (κ2) is 26.7. The largest absolute Gasteiger partial charge is 1.00 e. The molecule has 31 heavy (non-hydrogen) atoms. The highest BCUT2D eigenvalue weighted by atomic mass is 79.9. The molecule has 2 heteroatoms. The van der Waals surface area contributed by atoms with Crippen molar-refractivity contribution >= 4 is 0 Å². The monoisotopic (exact) mass is 503 g/mol. The zero-order valence-corrected chi connectivity index (χ0v) is 24.1. The summed E-state index contributed by atoms with van der Waals surface area (Å²) in [5.74, 6) is 0.